The van der Waals surface area contributed by atoms with Gasteiger partial charge >= 0.3 is 0 Å². The van der Waals surface area contributed by atoms with Gasteiger partial charge in [-0.05, 0) is 25.8 Å². The van der Waals surface area contributed by atoms with Crippen LogP contribution in [0.5, 0.6) is 0 Å². The SMILES string of the molecule is CCc1cc(NN)nc(C(C)(C)c2ccccc2)n1. The summed E-state index contributed by atoms with van der Waals surface area (Å²) >= 11 is 0. The smallest absolute Gasteiger partial charge is 0.143 e. The van der Waals surface area contributed by atoms with Crippen LogP contribution in [0.1, 0.15) is 37.9 Å². The van der Waals surface area contributed by atoms with E-state index in [1.165, 1.54) is 5.56 Å². The molecular weight excluding hydrogens is 236 g/mol. The zero-order valence-electron chi connectivity index (χ0n) is 11.6. The molecule has 3 N–H and O–H groups in total. The normalized spacial score (nSPS) is 11.4. The van der Waals surface area contributed by atoms with E-state index in [1.807, 2.05) is 24.3 Å². The summed E-state index contributed by atoms with van der Waals surface area (Å²) in [7, 11) is 0. The number of nitrogens with one attached hydrogen (secondary N) is 1. The highest BCUT2D eigenvalue weighted by atomic mass is 15.3. The molecule has 0 aliphatic heterocycles. The third kappa shape index (κ3) is 2.74. The number of aryl methyl sites for hydroxylation is 1. The number of nitrogens with zero attached hydrogens (tertiary/aromatic N) is 2. The van der Waals surface area contributed by atoms with Crippen molar-refractivity contribution in [2.75, 3.05) is 5.43 Å². The molecule has 1 aromatic carbocycles. The molecule has 0 saturated heterocycles. The maximum atomic E-state index is 5.48. The van der Waals surface area contributed by atoms with Crippen LogP contribution in [0.2, 0.25) is 0 Å². The largest absolute Gasteiger partial charge is 0.308 e. The number of hydrazine groups is 1. The van der Waals surface area contributed by atoms with Crippen molar-refractivity contribution in [2.45, 2.75) is 32.6 Å². The van der Waals surface area contributed by atoms with Gasteiger partial charge in [0.2, 0.25) is 0 Å². The minimum absolute atomic E-state index is 0.252. The molecule has 2 aromatic rings. The van der Waals surface area contributed by atoms with E-state index in [0.717, 1.165) is 17.9 Å². The highest BCUT2D eigenvalue weighted by Crippen LogP contribution is 2.29. The zero-order valence-corrected chi connectivity index (χ0v) is 11.6. The fraction of sp³-hybridized carbons (Fsp3) is 0.333. The van der Waals surface area contributed by atoms with E-state index >= 15 is 0 Å². The summed E-state index contributed by atoms with van der Waals surface area (Å²) in [6, 6.07) is 12.1. The number of hydrogen-bond acceptors (Lipinski definition) is 4. The molecule has 0 aliphatic rings. The van der Waals surface area contributed by atoms with E-state index in [9.17, 15) is 0 Å². The van der Waals surface area contributed by atoms with Gasteiger partial charge in [-0.3, -0.25) is 0 Å². The van der Waals surface area contributed by atoms with Crippen LogP contribution in [0.25, 0.3) is 0 Å². The monoisotopic (exact) mass is 256 g/mol. The van der Waals surface area contributed by atoms with Crippen molar-refractivity contribution in [1.29, 1.82) is 0 Å². The minimum atomic E-state index is -0.252. The van der Waals surface area contributed by atoms with Crippen molar-refractivity contribution < 1.29 is 0 Å². The van der Waals surface area contributed by atoms with Crippen LogP contribution >= 0.6 is 0 Å². The number of nitrogens with two attached hydrogens (primary N) is 1. The molecular formula is C15H20N4. The topological polar surface area (TPSA) is 63.8 Å². The van der Waals surface area contributed by atoms with Gasteiger partial charge in [0.05, 0.1) is 0 Å². The molecule has 1 aromatic heterocycles. The fourth-order valence-corrected chi connectivity index (χ4v) is 2.02. The molecule has 0 radical (unpaired) electrons. The van der Waals surface area contributed by atoms with E-state index in [-0.39, 0.29) is 5.41 Å². The van der Waals surface area contributed by atoms with Crippen LogP contribution in [0, 0.1) is 0 Å². The van der Waals surface area contributed by atoms with Gasteiger partial charge in [-0.15, -0.1) is 0 Å². The van der Waals surface area contributed by atoms with E-state index in [1.54, 1.807) is 0 Å². The van der Waals surface area contributed by atoms with Crippen LogP contribution in [0.15, 0.2) is 36.4 Å². The summed E-state index contributed by atoms with van der Waals surface area (Å²) in [5.74, 6) is 6.93. The van der Waals surface area contributed by atoms with Gasteiger partial charge < -0.3 is 5.43 Å². The summed E-state index contributed by atoms with van der Waals surface area (Å²) in [6.45, 7) is 6.32. The van der Waals surface area contributed by atoms with Crippen molar-refractivity contribution in [3.05, 3.63) is 53.5 Å². The molecule has 0 aliphatic carbocycles. The molecule has 1 heterocycles. The van der Waals surface area contributed by atoms with Crippen molar-refractivity contribution in [3.63, 3.8) is 0 Å². The van der Waals surface area contributed by atoms with Crippen molar-refractivity contribution in [1.82, 2.24) is 9.97 Å². The first-order valence-corrected chi connectivity index (χ1v) is 6.48. The number of anilines is 1. The summed E-state index contributed by atoms with van der Waals surface area (Å²) in [6.07, 6.45) is 0.856. The van der Waals surface area contributed by atoms with Gasteiger partial charge in [0.1, 0.15) is 11.6 Å². The third-order valence-electron chi connectivity index (χ3n) is 3.34. The van der Waals surface area contributed by atoms with Crippen molar-refractivity contribution in [3.8, 4) is 0 Å². The molecule has 2 rings (SSSR count). The molecule has 100 valence electrons. The van der Waals surface area contributed by atoms with E-state index in [4.69, 9.17) is 5.84 Å². The molecule has 4 heteroatoms. The Kier molecular flexibility index (Phi) is 3.81. The molecule has 19 heavy (non-hydrogen) atoms. The molecule has 0 atom stereocenters. The maximum Gasteiger partial charge on any atom is 0.143 e. The average molecular weight is 256 g/mol. The Labute approximate surface area is 114 Å². The van der Waals surface area contributed by atoms with Gasteiger partial charge in [0.25, 0.3) is 0 Å². The second-order valence-corrected chi connectivity index (χ2v) is 5.06. The molecule has 0 unspecified atom stereocenters. The summed E-state index contributed by atoms with van der Waals surface area (Å²) in [4.78, 5) is 9.14. The lowest BCUT2D eigenvalue weighted by Gasteiger charge is -2.24. The summed E-state index contributed by atoms with van der Waals surface area (Å²) in [5, 5.41) is 0. The predicted molar refractivity (Wildman–Crippen MR) is 77.8 cm³/mol. The Bertz CT molecular complexity index is 527. The van der Waals surface area contributed by atoms with Gasteiger partial charge in [-0.25, -0.2) is 15.8 Å². The average Bonchev–Trinajstić information content (AvgIpc) is 2.47. The molecule has 0 fully saturated rings. The number of aromatic nitrogens is 2. The van der Waals surface area contributed by atoms with Crippen LogP contribution in [0.3, 0.4) is 0 Å². The number of hydrogen-bond donors (Lipinski definition) is 2. The first-order chi connectivity index (χ1) is 9.07. The Morgan fingerprint density at radius 2 is 1.84 bits per heavy atom. The quantitative estimate of drug-likeness (QED) is 0.652. The van der Waals surface area contributed by atoms with Crippen LogP contribution in [-0.2, 0) is 11.8 Å². The highest BCUT2D eigenvalue weighted by Gasteiger charge is 2.26. The van der Waals surface area contributed by atoms with Crippen molar-refractivity contribution >= 4 is 5.82 Å². The Morgan fingerprint density at radius 1 is 1.16 bits per heavy atom. The molecule has 0 bridgehead atoms. The first-order valence-electron chi connectivity index (χ1n) is 6.48. The standard InChI is InChI=1S/C15H20N4/c1-4-12-10-13(19-16)18-14(17-12)15(2,3)11-8-6-5-7-9-11/h5-10H,4,16H2,1-3H3,(H,17,18,19). The van der Waals surface area contributed by atoms with E-state index in [2.05, 4.69) is 48.3 Å². The van der Waals surface area contributed by atoms with Gasteiger partial charge in [0.15, 0.2) is 0 Å². The summed E-state index contributed by atoms with van der Waals surface area (Å²) in [5.41, 5.74) is 4.54. The lowest BCUT2D eigenvalue weighted by atomic mass is 9.83. The summed E-state index contributed by atoms with van der Waals surface area (Å²) < 4.78 is 0. The van der Waals surface area contributed by atoms with Crippen LogP contribution in [0.4, 0.5) is 5.82 Å². The number of nitrogen functional groups attached to an aromatic ring is 1. The molecule has 0 saturated carbocycles. The maximum absolute atomic E-state index is 5.48. The van der Waals surface area contributed by atoms with Gasteiger partial charge in [-0.2, -0.15) is 0 Å². The molecule has 0 spiro atoms. The van der Waals surface area contributed by atoms with Gasteiger partial charge in [-0.1, -0.05) is 37.3 Å². The van der Waals surface area contributed by atoms with Gasteiger partial charge in [0, 0.05) is 17.2 Å². The molecule has 0 amide bonds. The second-order valence-electron chi connectivity index (χ2n) is 5.06. The highest BCUT2D eigenvalue weighted by molar-refractivity contribution is 5.39. The zero-order chi connectivity index (χ0) is 13.9. The number of rotatable bonds is 4. The first kappa shape index (κ1) is 13.5. The minimum Gasteiger partial charge on any atom is -0.308 e. The van der Waals surface area contributed by atoms with Crippen LogP contribution < -0.4 is 11.3 Å². The Balaban J connectivity index is 2.51. The second kappa shape index (κ2) is 5.36. The Morgan fingerprint density at radius 3 is 2.42 bits per heavy atom. The van der Waals surface area contributed by atoms with E-state index < -0.39 is 0 Å². The van der Waals surface area contributed by atoms with E-state index in [0.29, 0.717) is 5.82 Å². The lowest BCUT2D eigenvalue weighted by Crippen LogP contribution is -2.24. The Hall–Kier alpha value is -1.94. The predicted octanol–water partition coefficient (Wildman–Crippen LogP) is 2.65. The lowest BCUT2D eigenvalue weighted by molar-refractivity contribution is 0.586. The fourth-order valence-electron chi connectivity index (χ4n) is 2.02. The van der Waals surface area contributed by atoms with Crippen molar-refractivity contribution in [2.24, 2.45) is 5.84 Å². The number of benzene rings is 1. The third-order valence-corrected chi connectivity index (χ3v) is 3.34. The van der Waals surface area contributed by atoms with Crippen LogP contribution in [-0.4, -0.2) is 9.97 Å². The molecule has 4 nitrogen and oxygen atoms in total.